The first-order valence-corrected chi connectivity index (χ1v) is 7.26. The van der Waals surface area contributed by atoms with E-state index in [-0.39, 0.29) is 6.04 Å². The van der Waals surface area contributed by atoms with Gasteiger partial charge in [0.05, 0.1) is 6.10 Å². The van der Waals surface area contributed by atoms with Gasteiger partial charge in [-0.3, -0.25) is 0 Å². The van der Waals surface area contributed by atoms with E-state index < -0.39 is 0 Å². The highest BCUT2D eigenvalue weighted by atomic mass is 16.5. The van der Waals surface area contributed by atoms with Crippen LogP contribution in [0.15, 0.2) is 24.3 Å². The van der Waals surface area contributed by atoms with Gasteiger partial charge in [0, 0.05) is 26.2 Å². The summed E-state index contributed by atoms with van der Waals surface area (Å²) in [5.41, 5.74) is 8.80. The van der Waals surface area contributed by atoms with Gasteiger partial charge < -0.3 is 15.4 Å². The van der Waals surface area contributed by atoms with Gasteiger partial charge in [-0.15, -0.1) is 0 Å². The molecule has 0 amide bonds. The summed E-state index contributed by atoms with van der Waals surface area (Å²) in [7, 11) is 1.81. The number of ether oxygens (including phenoxy) is 1. The third kappa shape index (κ3) is 4.30. The molecule has 1 aliphatic heterocycles. The van der Waals surface area contributed by atoms with Crippen LogP contribution in [0.2, 0.25) is 0 Å². The average molecular weight is 262 g/mol. The molecule has 1 saturated heterocycles. The van der Waals surface area contributed by atoms with E-state index in [2.05, 4.69) is 36.1 Å². The van der Waals surface area contributed by atoms with Gasteiger partial charge in [0.15, 0.2) is 0 Å². The van der Waals surface area contributed by atoms with E-state index in [9.17, 15) is 0 Å². The number of hydrogen-bond acceptors (Lipinski definition) is 3. The fraction of sp³-hybridized carbons (Fsp3) is 0.625. The molecule has 0 radical (unpaired) electrons. The molecule has 0 aliphatic carbocycles. The van der Waals surface area contributed by atoms with E-state index in [0.29, 0.717) is 6.10 Å². The number of rotatable bonds is 5. The highest BCUT2D eigenvalue weighted by Crippen LogP contribution is 2.18. The zero-order valence-electron chi connectivity index (χ0n) is 12.1. The van der Waals surface area contributed by atoms with Crippen LogP contribution in [0, 0.1) is 6.92 Å². The minimum absolute atomic E-state index is 0.153. The van der Waals surface area contributed by atoms with Crippen molar-refractivity contribution in [1.29, 1.82) is 0 Å². The van der Waals surface area contributed by atoms with Crippen LogP contribution in [0.25, 0.3) is 0 Å². The summed E-state index contributed by atoms with van der Waals surface area (Å²) < 4.78 is 5.39. The molecule has 1 heterocycles. The smallest absolute Gasteiger partial charge is 0.0595 e. The lowest BCUT2D eigenvalue weighted by Crippen LogP contribution is -2.38. The molecule has 0 bridgehead atoms. The van der Waals surface area contributed by atoms with Crippen LogP contribution in [0.4, 0.5) is 0 Å². The summed E-state index contributed by atoms with van der Waals surface area (Å²) in [4.78, 5) is 2.50. The highest BCUT2D eigenvalue weighted by molar-refractivity contribution is 5.23. The van der Waals surface area contributed by atoms with E-state index >= 15 is 0 Å². The normalized spacial score (nSPS) is 19.5. The predicted octanol–water partition coefficient (Wildman–Crippen LogP) is 2.50. The lowest BCUT2D eigenvalue weighted by atomic mass is 10.0. The molecule has 19 heavy (non-hydrogen) atoms. The Hall–Kier alpha value is -0.900. The van der Waals surface area contributed by atoms with Crippen molar-refractivity contribution in [3.8, 4) is 0 Å². The van der Waals surface area contributed by atoms with Crippen LogP contribution in [-0.4, -0.2) is 37.7 Å². The van der Waals surface area contributed by atoms with Crippen molar-refractivity contribution in [2.75, 3.05) is 26.7 Å². The molecular formula is C16H26N2O. The molecule has 106 valence electrons. The molecule has 3 heteroatoms. The molecule has 1 aliphatic rings. The van der Waals surface area contributed by atoms with E-state index in [4.69, 9.17) is 10.5 Å². The molecule has 1 atom stereocenters. The first kappa shape index (κ1) is 14.5. The number of piperidine rings is 1. The summed E-state index contributed by atoms with van der Waals surface area (Å²) >= 11 is 0. The molecule has 1 aromatic rings. The number of methoxy groups -OCH3 is 1. The molecule has 0 saturated carbocycles. The summed E-state index contributed by atoms with van der Waals surface area (Å²) in [6.45, 7) is 5.47. The van der Waals surface area contributed by atoms with Gasteiger partial charge in [-0.1, -0.05) is 29.8 Å². The lowest BCUT2D eigenvalue weighted by Gasteiger charge is -2.31. The Morgan fingerprint density at radius 3 is 2.47 bits per heavy atom. The summed E-state index contributed by atoms with van der Waals surface area (Å²) in [5, 5.41) is 0. The van der Waals surface area contributed by atoms with Crippen LogP contribution in [0.5, 0.6) is 0 Å². The van der Waals surface area contributed by atoms with E-state index in [1.807, 2.05) is 7.11 Å². The predicted molar refractivity (Wildman–Crippen MR) is 79.2 cm³/mol. The van der Waals surface area contributed by atoms with Gasteiger partial charge >= 0.3 is 0 Å². The van der Waals surface area contributed by atoms with Crippen molar-refractivity contribution < 1.29 is 4.74 Å². The van der Waals surface area contributed by atoms with Crippen LogP contribution in [0.1, 0.15) is 36.4 Å². The van der Waals surface area contributed by atoms with Crippen LogP contribution in [0.3, 0.4) is 0 Å². The molecule has 1 unspecified atom stereocenters. The van der Waals surface area contributed by atoms with Gasteiger partial charge in [-0.2, -0.15) is 0 Å². The quantitative estimate of drug-likeness (QED) is 0.886. The van der Waals surface area contributed by atoms with Crippen molar-refractivity contribution in [2.45, 2.75) is 38.3 Å². The molecule has 2 N–H and O–H groups in total. The Balaban J connectivity index is 1.75. The maximum Gasteiger partial charge on any atom is 0.0595 e. The maximum absolute atomic E-state index is 6.26. The summed E-state index contributed by atoms with van der Waals surface area (Å²) in [5.74, 6) is 0. The molecule has 1 aromatic carbocycles. The third-order valence-corrected chi connectivity index (χ3v) is 4.13. The van der Waals surface area contributed by atoms with Gasteiger partial charge in [0.2, 0.25) is 0 Å². The first-order valence-electron chi connectivity index (χ1n) is 7.26. The Morgan fingerprint density at radius 2 is 1.89 bits per heavy atom. The fourth-order valence-corrected chi connectivity index (χ4v) is 2.67. The fourth-order valence-electron chi connectivity index (χ4n) is 2.67. The second kappa shape index (κ2) is 7.04. The molecule has 2 rings (SSSR count). The van der Waals surface area contributed by atoms with Crippen molar-refractivity contribution in [3.63, 3.8) is 0 Å². The van der Waals surface area contributed by atoms with Gasteiger partial charge in [0.25, 0.3) is 0 Å². The maximum atomic E-state index is 6.26. The Labute approximate surface area is 116 Å². The van der Waals surface area contributed by atoms with E-state index in [0.717, 1.165) is 38.9 Å². The van der Waals surface area contributed by atoms with Gasteiger partial charge in [-0.25, -0.2) is 0 Å². The molecule has 0 aromatic heterocycles. The Bertz CT molecular complexity index is 369. The Morgan fingerprint density at radius 1 is 1.26 bits per heavy atom. The molecule has 0 spiro atoms. The number of benzene rings is 1. The zero-order chi connectivity index (χ0) is 13.7. The SMILES string of the molecule is COC1CCN(CCC(N)c2ccc(C)cc2)CC1. The lowest BCUT2D eigenvalue weighted by molar-refractivity contribution is 0.0404. The second-order valence-corrected chi connectivity index (χ2v) is 5.58. The summed E-state index contributed by atoms with van der Waals surface area (Å²) in [6, 6.07) is 8.73. The molecule has 3 nitrogen and oxygen atoms in total. The minimum atomic E-state index is 0.153. The standard InChI is InChI=1S/C16H26N2O/c1-13-3-5-14(6-4-13)16(17)9-12-18-10-7-15(19-2)8-11-18/h3-6,15-16H,7-12,17H2,1-2H3. The van der Waals surface area contributed by atoms with Crippen molar-refractivity contribution in [2.24, 2.45) is 5.73 Å². The first-order chi connectivity index (χ1) is 9.19. The van der Waals surface area contributed by atoms with Crippen LogP contribution < -0.4 is 5.73 Å². The van der Waals surface area contributed by atoms with Crippen LogP contribution in [-0.2, 0) is 4.74 Å². The number of nitrogens with zero attached hydrogens (tertiary/aromatic N) is 1. The van der Waals surface area contributed by atoms with Crippen molar-refractivity contribution in [3.05, 3.63) is 35.4 Å². The second-order valence-electron chi connectivity index (χ2n) is 5.58. The van der Waals surface area contributed by atoms with Crippen molar-refractivity contribution >= 4 is 0 Å². The largest absolute Gasteiger partial charge is 0.381 e. The third-order valence-electron chi connectivity index (χ3n) is 4.13. The number of nitrogens with two attached hydrogens (primary N) is 1. The van der Waals surface area contributed by atoms with E-state index in [1.165, 1.54) is 11.1 Å². The topological polar surface area (TPSA) is 38.5 Å². The Kier molecular flexibility index (Phi) is 5.37. The van der Waals surface area contributed by atoms with Gasteiger partial charge in [-0.05, 0) is 38.3 Å². The summed E-state index contributed by atoms with van der Waals surface area (Å²) in [6.07, 6.45) is 3.79. The average Bonchev–Trinajstić information content (AvgIpc) is 2.46. The number of likely N-dealkylation sites (tertiary alicyclic amines) is 1. The number of hydrogen-bond donors (Lipinski definition) is 1. The van der Waals surface area contributed by atoms with Crippen molar-refractivity contribution in [1.82, 2.24) is 4.90 Å². The van der Waals surface area contributed by atoms with Crippen LogP contribution >= 0.6 is 0 Å². The molecule has 1 fully saturated rings. The van der Waals surface area contributed by atoms with E-state index in [1.54, 1.807) is 0 Å². The number of aryl methyl sites for hydroxylation is 1. The highest BCUT2D eigenvalue weighted by Gasteiger charge is 2.19. The minimum Gasteiger partial charge on any atom is -0.381 e. The zero-order valence-corrected chi connectivity index (χ0v) is 12.1. The van der Waals surface area contributed by atoms with Gasteiger partial charge in [0.1, 0.15) is 0 Å². The monoisotopic (exact) mass is 262 g/mol. The molecular weight excluding hydrogens is 236 g/mol.